The van der Waals surface area contributed by atoms with Gasteiger partial charge in [-0.25, -0.2) is 4.79 Å². The van der Waals surface area contributed by atoms with Crippen molar-refractivity contribution in [1.29, 1.82) is 0 Å². The van der Waals surface area contributed by atoms with Crippen molar-refractivity contribution < 1.29 is 14.3 Å². The first kappa shape index (κ1) is 13.0. The topological polar surface area (TPSA) is 54.8 Å². The number of hydrogen-bond donors (Lipinski definition) is 0. The van der Waals surface area contributed by atoms with Crippen molar-refractivity contribution in [3.63, 3.8) is 0 Å². The minimum atomic E-state index is -0.254. The van der Waals surface area contributed by atoms with Crippen LogP contribution in [0.3, 0.4) is 0 Å². The molecule has 2 aliphatic rings. The zero-order chi connectivity index (χ0) is 14.3. The molecule has 0 aliphatic carbocycles. The van der Waals surface area contributed by atoms with E-state index in [9.17, 15) is 9.59 Å². The van der Waals surface area contributed by atoms with Gasteiger partial charge in [0, 0.05) is 38.6 Å². The van der Waals surface area contributed by atoms with Gasteiger partial charge in [-0.2, -0.15) is 0 Å². The lowest BCUT2D eigenvalue weighted by Gasteiger charge is -2.35. The number of aryl methyl sites for hydroxylation is 1. The first-order valence-electron chi connectivity index (χ1n) is 6.98. The van der Waals surface area contributed by atoms with Crippen molar-refractivity contribution in [2.75, 3.05) is 26.2 Å². The SMILES string of the molecule is CCc1c(C(=O)N2CCN3C(=O)OCC3C2)ccn1C. The average molecular weight is 277 g/mol. The van der Waals surface area contributed by atoms with Crippen LogP contribution >= 0.6 is 0 Å². The van der Waals surface area contributed by atoms with Gasteiger partial charge in [-0.15, -0.1) is 0 Å². The van der Waals surface area contributed by atoms with Gasteiger partial charge in [-0.1, -0.05) is 6.92 Å². The second-order valence-electron chi connectivity index (χ2n) is 5.32. The van der Waals surface area contributed by atoms with Crippen molar-refractivity contribution in [3.05, 3.63) is 23.5 Å². The molecule has 2 aliphatic heterocycles. The summed E-state index contributed by atoms with van der Waals surface area (Å²) in [4.78, 5) is 27.6. The predicted octanol–water partition coefficient (Wildman–Crippen LogP) is 0.864. The van der Waals surface area contributed by atoms with E-state index < -0.39 is 0 Å². The molecule has 1 aromatic rings. The Morgan fingerprint density at radius 2 is 2.25 bits per heavy atom. The second kappa shape index (κ2) is 4.85. The number of rotatable bonds is 2. The van der Waals surface area contributed by atoms with Crippen LogP contribution in [-0.4, -0.2) is 58.7 Å². The zero-order valence-corrected chi connectivity index (χ0v) is 11.8. The Morgan fingerprint density at radius 3 is 3.00 bits per heavy atom. The lowest BCUT2D eigenvalue weighted by atomic mass is 10.1. The highest BCUT2D eigenvalue weighted by molar-refractivity contribution is 5.95. The van der Waals surface area contributed by atoms with Crippen molar-refractivity contribution >= 4 is 12.0 Å². The third kappa shape index (κ3) is 1.95. The summed E-state index contributed by atoms with van der Waals surface area (Å²) in [6, 6.07) is 1.89. The van der Waals surface area contributed by atoms with Crippen LogP contribution in [-0.2, 0) is 18.2 Å². The molecule has 2 amide bonds. The number of carbonyl (C=O) groups excluding carboxylic acids is 2. The molecule has 1 unspecified atom stereocenters. The summed E-state index contributed by atoms with van der Waals surface area (Å²) < 4.78 is 7.02. The number of aromatic nitrogens is 1. The van der Waals surface area contributed by atoms with Crippen LogP contribution in [0.1, 0.15) is 23.0 Å². The number of carbonyl (C=O) groups is 2. The fraction of sp³-hybridized carbons (Fsp3) is 0.571. The minimum absolute atomic E-state index is 0.00832. The van der Waals surface area contributed by atoms with Crippen molar-refractivity contribution in [2.24, 2.45) is 7.05 Å². The van der Waals surface area contributed by atoms with Gasteiger partial charge in [-0.05, 0) is 12.5 Å². The quantitative estimate of drug-likeness (QED) is 0.806. The van der Waals surface area contributed by atoms with Gasteiger partial charge in [0.15, 0.2) is 0 Å². The van der Waals surface area contributed by atoms with Crippen LogP contribution in [0, 0.1) is 0 Å². The maximum atomic E-state index is 12.6. The summed E-state index contributed by atoms with van der Waals surface area (Å²) in [5, 5.41) is 0. The number of ether oxygens (including phenoxy) is 1. The summed E-state index contributed by atoms with van der Waals surface area (Å²) in [5.74, 6) is 0.0569. The Bertz CT molecular complexity index is 552. The predicted molar refractivity (Wildman–Crippen MR) is 72.5 cm³/mol. The minimum Gasteiger partial charge on any atom is -0.447 e. The van der Waals surface area contributed by atoms with E-state index in [-0.39, 0.29) is 18.0 Å². The molecular weight excluding hydrogens is 258 g/mol. The molecule has 2 fully saturated rings. The highest BCUT2D eigenvalue weighted by atomic mass is 16.6. The van der Waals surface area contributed by atoms with Gasteiger partial charge in [0.05, 0.1) is 11.6 Å². The molecule has 3 rings (SSSR count). The summed E-state index contributed by atoms with van der Waals surface area (Å²) in [6.07, 6.45) is 2.50. The third-order valence-electron chi connectivity index (χ3n) is 4.17. The van der Waals surface area contributed by atoms with Crippen LogP contribution in [0.5, 0.6) is 0 Å². The number of hydrogen-bond acceptors (Lipinski definition) is 3. The molecule has 0 N–H and O–H groups in total. The van der Waals surface area contributed by atoms with Crippen LogP contribution in [0.25, 0.3) is 0 Å². The van der Waals surface area contributed by atoms with E-state index in [2.05, 4.69) is 0 Å². The van der Waals surface area contributed by atoms with Gasteiger partial charge in [0.2, 0.25) is 0 Å². The van der Waals surface area contributed by atoms with Gasteiger partial charge in [0.25, 0.3) is 5.91 Å². The largest absolute Gasteiger partial charge is 0.447 e. The van der Waals surface area contributed by atoms with E-state index in [0.29, 0.717) is 26.2 Å². The Balaban J connectivity index is 1.77. The molecule has 2 saturated heterocycles. The number of fused-ring (bicyclic) bond motifs is 1. The summed E-state index contributed by atoms with van der Waals surface area (Å²) in [5.41, 5.74) is 1.82. The third-order valence-corrected chi connectivity index (χ3v) is 4.17. The van der Waals surface area contributed by atoms with Crippen LogP contribution in [0.2, 0.25) is 0 Å². The van der Waals surface area contributed by atoms with Crippen molar-refractivity contribution in [2.45, 2.75) is 19.4 Å². The smallest absolute Gasteiger partial charge is 0.410 e. The molecule has 6 heteroatoms. The van der Waals surface area contributed by atoms with E-state index in [1.165, 1.54) is 0 Å². The Kier molecular flexibility index (Phi) is 3.16. The molecule has 108 valence electrons. The Morgan fingerprint density at radius 1 is 1.45 bits per heavy atom. The van der Waals surface area contributed by atoms with Crippen molar-refractivity contribution in [3.8, 4) is 0 Å². The summed E-state index contributed by atoms with van der Waals surface area (Å²) in [7, 11) is 1.96. The maximum absolute atomic E-state index is 12.6. The molecular formula is C14H19N3O3. The van der Waals surface area contributed by atoms with E-state index in [0.717, 1.165) is 17.7 Å². The van der Waals surface area contributed by atoms with Crippen molar-refractivity contribution in [1.82, 2.24) is 14.4 Å². The maximum Gasteiger partial charge on any atom is 0.410 e. The monoisotopic (exact) mass is 277 g/mol. The number of cyclic esters (lactones) is 1. The molecule has 6 nitrogen and oxygen atoms in total. The number of nitrogens with zero attached hydrogens (tertiary/aromatic N) is 3. The lowest BCUT2D eigenvalue weighted by Crippen LogP contribution is -2.53. The zero-order valence-electron chi connectivity index (χ0n) is 11.8. The van der Waals surface area contributed by atoms with Gasteiger partial charge < -0.3 is 14.2 Å². The van der Waals surface area contributed by atoms with Gasteiger partial charge >= 0.3 is 6.09 Å². The fourth-order valence-corrected chi connectivity index (χ4v) is 3.04. The van der Waals surface area contributed by atoms with Gasteiger partial charge in [0.1, 0.15) is 6.61 Å². The van der Waals surface area contributed by atoms with Crippen LogP contribution < -0.4 is 0 Å². The highest BCUT2D eigenvalue weighted by Gasteiger charge is 2.39. The second-order valence-corrected chi connectivity index (χ2v) is 5.32. The number of amides is 2. The highest BCUT2D eigenvalue weighted by Crippen LogP contribution is 2.21. The van der Waals surface area contributed by atoms with Crippen LogP contribution in [0.15, 0.2) is 12.3 Å². The standard InChI is InChI=1S/C14H19N3O3/c1-3-12-11(4-5-15(12)2)13(18)16-6-7-17-10(8-16)9-20-14(17)19/h4-5,10H,3,6-9H2,1-2H3. The molecule has 0 saturated carbocycles. The molecule has 1 atom stereocenters. The average Bonchev–Trinajstić information content (AvgIpc) is 3.01. The number of piperazine rings is 1. The summed E-state index contributed by atoms with van der Waals surface area (Å²) in [6.45, 7) is 4.13. The molecule has 0 radical (unpaired) electrons. The van der Waals surface area contributed by atoms with E-state index >= 15 is 0 Å². The molecule has 20 heavy (non-hydrogen) atoms. The molecule has 3 heterocycles. The van der Waals surface area contributed by atoms with Gasteiger partial charge in [-0.3, -0.25) is 9.69 Å². The fourth-order valence-electron chi connectivity index (χ4n) is 3.04. The van der Waals surface area contributed by atoms with Crippen LogP contribution in [0.4, 0.5) is 4.79 Å². The lowest BCUT2D eigenvalue weighted by molar-refractivity contribution is 0.0616. The van der Waals surface area contributed by atoms with E-state index in [1.807, 2.05) is 35.7 Å². The first-order valence-corrected chi connectivity index (χ1v) is 6.98. The first-order chi connectivity index (χ1) is 9.61. The Labute approximate surface area is 117 Å². The Hall–Kier alpha value is -1.98. The molecule has 0 bridgehead atoms. The van der Waals surface area contributed by atoms with E-state index in [4.69, 9.17) is 4.74 Å². The molecule has 0 spiro atoms. The normalized spacial score (nSPS) is 21.9. The molecule has 1 aromatic heterocycles. The van der Waals surface area contributed by atoms with E-state index in [1.54, 1.807) is 4.90 Å². The summed E-state index contributed by atoms with van der Waals surface area (Å²) >= 11 is 0. The molecule has 0 aromatic carbocycles.